The van der Waals surface area contributed by atoms with Crippen molar-refractivity contribution < 1.29 is 9.59 Å². The zero-order valence-corrected chi connectivity index (χ0v) is 13.4. The number of primary amides is 1. The lowest BCUT2D eigenvalue weighted by Gasteiger charge is -2.26. The van der Waals surface area contributed by atoms with Gasteiger partial charge in [-0.25, -0.2) is 9.78 Å². The number of carbonyl (C=O) groups is 2. The number of rotatable bonds is 5. The van der Waals surface area contributed by atoms with Gasteiger partial charge in [0.1, 0.15) is 0 Å². The SMILES string of the molecule is NC(=O)NC(=O)CN1CCc2c(ncn2CCc2ccccc2)C1. The van der Waals surface area contributed by atoms with Crippen LogP contribution in [0.25, 0.3) is 0 Å². The lowest BCUT2D eigenvalue weighted by molar-refractivity contribution is -0.121. The highest BCUT2D eigenvalue weighted by Crippen LogP contribution is 2.18. The Bertz CT molecular complexity index is 726. The predicted octanol–water partition coefficient (Wildman–Crippen LogP) is 0.679. The van der Waals surface area contributed by atoms with Gasteiger partial charge in [0.2, 0.25) is 5.91 Å². The van der Waals surface area contributed by atoms with E-state index in [1.54, 1.807) is 0 Å². The quantitative estimate of drug-likeness (QED) is 0.844. The Morgan fingerprint density at radius 1 is 1.25 bits per heavy atom. The zero-order chi connectivity index (χ0) is 16.9. The molecule has 7 heteroatoms. The number of imide groups is 1. The maximum atomic E-state index is 11.6. The van der Waals surface area contributed by atoms with E-state index in [-0.39, 0.29) is 12.5 Å². The molecule has 24 heavy (non-hydrogen) atoms. The molecule has 0 unspecified atom stereocenters. The van der Waals surface area contributed by atoms with Crippen molar-refractivity contribution in [3.05, 3.63) is 53.6 Å². The number of benzene rings is 1. The molecule has 0 radical (unpaired) electrons. The molecule has 1 aromatic carbocycles. The molecular weight excluding hydrogens is 306 g/mol. The van der Waals surface area contributed by atoms with Crippen molar-refractivity contribution >= 4 is 11.9 Å². The van der Waals surface area contributed by atoms with E-state index in [9.17, 15) is 9.59 Å². The lowest BCUT2D eigenvalue weighted by atomic mass is 10.1. The zero-order valence-electron chi connectivity index (χ0n) is 13.4. The van der Waals surface area contributed by atoms with Crippen molar-refractivity contribution in [2.24, 2.45) is 5.73 Å². The van der Waals surface area contributed by atoms with Crippen LogP contribution in [0.1, 0.15) is 17.0 Å². The summed E-state index contributed by atoms with van der Waals surface area (Å²) >= 11 is 0. The van der Waals surface area contributed by atoms with Gasteiger partial charge in [-0.15, -0.1) is 0 Å². The van der Waals surface area contributed by atoms with Crippen LogP contribution in [0.2, 0.25) is 0 Å². The summed E-state index contributed by atoms with van der Waals surface area (Å²) in [6.07, 6.45) is 3.68. The average Bonchev–Trinajstić information content (AvgIpc) is 2.95. The number of hydrogen-bond acceptors (Lipinski definition) is 4. The van der Waals surface area contributed by atoms with E-state index >= 15 is 0 Å². The Morgan fingerprint density at radius 3 is 2.79 bits per heavy atom. The van der Waals surface area contributed by atoms with Gasteiger partial charge in [0, 0.05) is 31.7 Å². The maximum Gasteiger partial charge on any atom is 0.318 e. The fourth-order valence-corrected chi connectivity index (χ4v) is 3.03. The molecule has 0 bridgehead atoms. The molecule has 1 aromatic heterocycles. The number of amides is 3. The minimum Gasteiger partial charge on any atom is -0.351 e. The van der Waals surface area contributed by atoms with Crippen molar-refractivity contribution in [2.75, 3.05) is 13.1 Å². The number of fused-ring (bicyclic) bond motifs is 1. The number of aromatic nitrogens is 2. The Labute approximate surface area is 140 Å². The van der Waals surface area contributed by atoms with Gasteiger partial charge in [0.25, 0.3) is 0 Å². The van der Waals surface area contributed by atoms with Gasteiger partial charge in [-0.1, -0.05) is 30.3 Å². The molecule has 1 aliphatic rings. The van der Waals surface area contributed by atoms with Gasteiger partial charge in [0.15, 0.2) is 0 Å². The van der Waals surface area contributed by atoms with Crippen molar-refractivity contribution in [3.8, 4) is 0 Å². The molecule has 0 atom stereocenters. The summed E-state index contributed by atoms with van der Waals surface area (Å²) in [5.74, 6) is -0.380. The monoisotopic (exact) mass is 327 g/mol. The molecule has 2 heterocycles. The molecule has 126 valence electrons. The number of hydrogen-bond donors (Lipinski definition) is 2. The lowest BCUT2D eigenvalue weighted by Crippen LogP contribution is -2.43. The standard InChI is InChI=1S/C17H21N5O2/c18-17(24)20-16(23)11-21-8-7-15-14(10-21)19-12-22(15)9-6-13-4-2-1-3-5-13/h1-5,12H,6-11H2,(H3,18,20,23,24). The van der Waals surface area contributed by atoms with Crippen LogP contribution in [0.4, 0.5) is 4.79 Å². The van der Waals surface area contributed by atoms with Crippen LogP contribution in [-0.2, 0) is 30.7 Å². The molecule has 7 nitrogen and oxygen atoms in total. The minimum absolute atomic E-state index is 0.152. The molecule has 0 aliphatic carbocycles. The summed E-state index contributed by atoms with van der Waals surface area (Å²) < 4.78 is 2.20. The number of nitrogens with zero attached hydrogens (tertiary/aromatic N) is 3. The highest BCUT2D eigenvalue weighted by atomic mass is 16.2. The van der Waals surface area contributed by atoms with Crippen molar-refractivity contribution in [3.63, 3.8) is 0 Å². The first-order chi connectivity index (χ1) is 11.6. The van der Waals surface area contributed by atoms with E-state index in [1.165, 1.54) is 11.3 Å². The smallest absolute Gasteiger partial charge is 0.318 e. The van der Waals surface area contributed by atoms with Crippen molar-refractivity contribution in [2.45, 2.75) is 25.9 Å². The Morgan fingerprint density at radius 2 is 2.04 bits per heavy atom. The highest BCUT2D eigenvalue weighted by molar-refractivity contribution is 5.94. The van der Waals surface area contributed by atoms with E-state index in [0.29, 0.717) is 6.54 Å². The fraction of sp³-hybridized carbons (Fsp3) is 0.353. The Balaban J connectivity index is 1.58. The van der Waals surface area contributed by atoms with Crippen molar-refractivity contribution in [1.82, 2.24) is 19.8 Å². The Hall–Kier alpha value is -2.67. The molecule has 0 saturated heterocycles. The topological polar surface area (TPSA) is 93.2 Å². The van der Waals surface area contributed by atoms with Gasteiger partial charge in [-0.3, -0.25) is 15.0 Å². The first kappa shape index (κ1) is 16.2. The molecule has 0 saturated carbocycles. The predicted molar refractivity (Wildman–Crippen MR) is 89.1 cm³/mol. The van der Waals surface area contributed by atoms with Gasteiger partial charge in [-0.2, -0.15) is 0 Å². The third-order valence-corrected chi connectivity index (χ3v) is 4.19. The van der Waals surface area contributed by atoms with E-state index in [2.05, 4.69) is 27.0 Å². The maximum absolute atomic E-state index is 11.6. The normalized spacial score (nSPS) is 14.2. The summed E-state index contributed by atoms with van der Waals surface area (Å²) in [7, 11) is 0. The molecule has 3 amide bonds. The molecule has 0 fully saturated rings. The fourth-order valence-electron chi connectivity index (χ4n) is 3.03. The molecule has 3 rings (SSSR count). The molecule has 3 N–H and O–H groups in total. The summed E-state index contributed by atoms with van der Waals surface area (Å²) in [5.41, 5.74) is 8.50. The largest absolute Gasteiger partial charge is 0.351 e. The number of imidazole rings is 1. The third-order valence-electron chi connectivity index (χ3n) is 4.19. The second kappa shape index (κ2) is 7.27. The summed E-state index contributed by atoms with van der Waals surface area (Å²) in [4.78, 5) is 28.8. The van der Waals surface area contributed by atoms with Crippen LogP contribution in [0, 0.1) is 0 Å². The van der Waals surface area contributed by atoms with Gasteiger partial charge in [-0.05, 0) is 12.0 Å². The Kier molecular flexibility index (Phi) is 4.90. The summed E-state index contributed by atoms with van der Waals surface area (Å²) in [6, 6.07) is 9.56. The van der Waals surface area contributed by atoms with Gasteiger partial charge < -0.3 is 10.3 Å². The molecule has 0 spiro atoms. The summed E-state index contributed by atoms with van der Waals surface area (Å²) in [5, 5.41) is 2.09. The molecule has 2 aromatic rings. The molecule has 1 aliphatic heterocycles. The van der Waals surface area contributed by atoms with Gasteiger partial charge in [0.05, 0.1) is 18.6 Å². The van der Waals surface area contributed by atoms with Crippen LogP contribution in [0.15, 0.2) is 36.7 Å². The van der Waals surface area contributed by atoms with Crippen LogP contribution in [0.5, 0.6) is 0 Å². The van der Waals surface area contributed by atoms with Crippen LogP contribution in [-0.4, -0.2) is 39.5 Å². The number of nitrogens with one attached hydrogen (secondary N) is 1. The van der Waals surface area contributed by atoms with Gasteiger partial charge >= 0.3 is 6.03 Å². The van der Waals surface area contributed by atoms with E-state index in [1.807, 2.05) is 29.4 Å². The highest BCUT2D eigenvalue weighted by Gasteiger charge is 2.22. The van der Waals surface area contributed by atoms with Crippen LogP contribution in [0.3, 0.4) is 0 Å². The first-order valence-corrected chi connectivity index (χ1v) is 8.00. The van der Waals surface area contributed by atoms with E-state index < -0.39 is 6.03 Å². The van der Waals surface area contributed by atoms with Crippen LogP contribution >= 0.6 is 0 Å². The first-order valence-electron chi connectivity index (χ1n) is 8.00. The molecular formula is C17H21N5O2. The van der Waals surface area contributed by atoms with Crippen molar-refractivity contribution in [1.29, 1.82) is 0 Å². The number of urea groups is 1. The average molecular weight is 327 g/mol. The second-order valence-electron chi connectivity index (χ2n) is 5.94. The number of carbonyl (C=O) groups excluding carboxylic acids is 2. The second-order valence-corrected chi connectivity index (χ2v) is 5.94. The minimum atomic E-state index is -0.817. The van der Waals surface area contributed by atoms with E-state index in [0.717, 1.165) is 31.6 Å². The van der Waals surface area contributed by atoms with E-state index in [4.69, 9.17) is 5.73 Å². The summed E-state index contributed by atoms with van der Waals surface area (Å²) in [6.45, 7) is 2.42. The number of nitrogens with two attached hydrogens (primary N) is 1. The van der Waals surface area contributed by atoms with Crippen LogP contribution < -0.4 is 11.1 Å². The number of aryl methyl sites for hydroxylation is 2. The third kappa shape index (κ3) is 3.99.